The van der Waals surface area contributed by atoms with Gasteiger partial charge in [0, 0.05) is 68.8 Å². The molecule has 0 radical (unpaired) electrons. The monoisotopic (exact) mass is 887 g/mol. The molecule has 0 saturated heterocycles. The van der Waals surface area contributed by atoms with Gasteiger partial charge in [-0.2, -0.15) is 0 Å². The Balaban J connectivity index is 1.24. The summed E-state index contributed by atoms with van der Waals surface area (Å²) in [6.45, 7) is 26.5. The molecule has 3 aliphatic rings. The Morgan fingerprint density at radius 3 is 2.08 bits per heavy atom. The Hall–Kier alpha value is -4.79. The van der Waals surface area contributed by atoms with Gasteiger partial charge in [0.15, 0.2) is 5.78 Å². The zero-order valence-electron chi connectivity index (χ0n) is 41.5. The number of aromatic nitrogens is 4. The molecular formula is C56H78N4O5. The first kappa shape index (κ1) is 49.6. The van der Waals surface area contributed by atoms with Gasteiger partial charge in [0.25, 0.3) is 0 Å². The Bertz CT molecular complexity index is 2420. The summed E-state index contributed by atoms with van der Waals surface area (Å²) >= 11 is 0. The number of ether oxygens (including phenoxy) is 2. The number of H-pyrrole nitrogens is 2. The Kier molecular flexibility index (Phi) is 16.9. The molecule has 0 spiro atoms. The van der Waals surface area contributed by atoms with Gasteiger partial charge in [-0.15, -0.1) is 0 Å². The average molecular weight is 887 g/mol. The number of rotatable bonds is 21. The van der Waals surface area contributed by atoms with Crippen molar-refractivity contribution in [3.63, 3.8) is 0 Å². The van der Waals surface area contributed by atoms with Crippen LogP contribution in [0.3, 0.4) is 0 Å². The highest BCUT2D eigenvalue weighted by atomic mass is 16.5. The van der Waals surface area contributed by atoms with Crippen molar-refractivity contribution in [2.45, 2.75) is 182 Å². The van der Waals surface area contributed by atoms with E-state index in [1.54, 1.807) is 0 Å². The van der Waals surface area contributed by atoms with Gasteiger partial charge in [0.2, 0.25) is 0 Å². The third kappa shape index (κ3) is 11.4. The molecule has 65 heavy (non-hydrogen) atoms. The number of aryl methyl sites for hydroxylation is 3. The first-order chi connectivity index (χ1) is 31.1. The lowest BCUT2D eigenvalue weighted by atomic mass is 9.83. The van der Waals surface area contributed by atoms with Crippen molar-refractivity contribution >= 4 is 45.9 Å². The minimum absolute atomic E-state index is 0.0332. The number of Topliss-reactive ketones (excluding diaryl/α,β-unsaturated/α-hetero) is 1. The van der Waals surface area contributed by atoms with E-state index >= 15 is 0 Å². The SMILES string of the molecule is C=Cc1c(C)c2cc3nc(c4c5nc(cc6[nH]c(cc1[nH]2)c(C)c6CC)C(C)C5C(=O)C4CC(=O)OC)[C@@H](CCC(=O)OC/C=C(\C)CCC[C@@H](C)CCC[C@@H](C)CCCC(C)C)[C@@H]3C. The van der Waals surface area contributed by atoms with Crippen LogP contribution in [0.5, 0.6) is 0 Å². The molecule has 8 bridgehead atoms. The summed E-state index contributed by atoms with van der Waals surface area (Å²) in [5, 5.41) is 0. The summed E-state index contributed by atoms with van der Waals surface area (Å²) in [5.74, 6) is -0.195. The molecule has 1 aliphatic carbocycles. The van der Waals surface area contributed by atoms with Gasteiger partial charge in [0.1, 0.15) is 6.61 Å². The van der Waals surface area contributed by atoms with Crippen molar-refractivity contribution in [1.29, 1.82) is 0 Å². The minimum atomic E-state index is -0.746. The second-order valence-electron chi connectivity index (χ2n) is 20.3. The Morgan fingerprint density at radius 1 is 0.800 bits per heavy atom. The second kappa shape index (κ2) is 22.1. The quantitative estimate of drug-likeness (QED) is 0.0805. The standard InChI is InChI=1S/C56H78N4O5/c1-13-40-36(8)44-29-46-38(10)42(24-25-50(61)65-27-26-35(7)23-17-22-34(6)21-16-20-33(5)19-15-18-32(3)4)54(59-46)53-43(28-51(62)64-12)56(63)52-39(11)47(60-55(52)53)31-49-41(14-2)37(9)45(58-49)30-48(40)57-44/h13,26,29-34,38-39,42-43,52,57-58H,1,14-25,27-28H2,2-12H3/b35-26+,44-29?,45-30?,46-29?,47-31?,48-30?,49-31?,54-53?/t33-,34-,38-,39?,42-,43?,52?/m0/s1. The number of ketones is 1. The van der Waals surface area contributed by atoms with Crippen molar-refractivity contribution in [3.05, 3.63) is 87.0 Å². The fourth-order valence-corrected chi connectivity index (χ4v) is 10.8. The number of carbonyl (C=O) groups excluding carboxylic acids is 3. The molecule has 9 nitrogen and oxygen atoms in total. The molecule has 7 atom stereocenters. The number of allylic oxidation sites excluding steroid dienone is 1. The highest BCUT2D eigenvalue weighted by Crippen LogP contribution is 2.53. The Morgan fingerprint density at radius 2 is 1.42 bits per heavy atom. The van der Waals surface area contributed by atoms with Crippen LogP contribution in [0.2, 0.25) is 0 Å². The number of nitrogens with zero attached hydrogens (tertiary/aromatic N) is 2. The molecule has 3 aromatic heterocycles. The van der Waals surface area contributed by atoms with Crippen molar-refractivity contribution < 1.29 is 23.9 Å². The van der Waals surface area contributed by atoms with Crippen molar-refractivity contribution in [2.75, 3.05) is 13.7 Å². The summed E-state index contributed by atoms with van der Waals surface area (Å²) in [6, 6.07) is 6.34. The van der Waals surface area contributed by atoms with E-state index in [-0.39, 0.29) is 49.0 Å². The highest BCUT2D eigenvalue weighted by molar-refractivity contribution is 6.00. The molecule has 6 rings (SSSR count). The van der Waals surface area contributed by atoms with Gasteiger partial charge >= 0.3 is 11.9 Å². The number of hydrogen-bond acceptors (Lipinski definition) is 7. The van der Waals surface area contributed by atoms with Crippen LogP contribution in [-0.2, 0) is 30.3 Å². The molecule has 0 aromatic carbocycles. The predicted molar refractivity (Wildman–Crippen MR) is 265 cm³/mol. The van der Waals surface area contributed by atoms with Crippen LogP contribution in [0.1, 0.15) is 213 Å². The van der Waals surface area contributed by atoms with Crippen LogP contribution in [0.15, 0.2) is 36.4 Å². The number of nitrogens with one attached hydrogen (secondary N) is 2. The summed E-state index contributed by atoms with van der Waals surface area (Å²) in [5.41, 5.74) is 13.3. The molecule has 3 unspecified atom stereocenters. The number of methoxy groups -OCH3 is 1. The molecule has 5 heterocycles. The molecule has 352 valence electrons. The van der Waals surface area contributed by atoms with Crippen LogP contribution in [0.4, 0.5) is 0 Å². The van der Waals surface area contributed by atoms with E-state index < -0.39 is 17.8 Å². The maximum Gasteiger partial charge on any atom is 0.306 e. The first-order valence-electron chi connectivity index (χ1n) is 24.9. The van der Waals surface area contributed by atoms with Gasteiger partial charge in [-0.05, 0) is 105 Å². The lowest BCUT2D eigenvalue weighted by Crippen LogP contribution is -2.19. The van der Waals surface area contributed by atoms with E-state index in [0.29, 0.717) is 17.7 Å². The van der Waals surface area contributed by atoms with Gasteiger partial charge < -0.3 is 19.4 Å². The van der Waals surface area contributed by atoms with Crippen molar-refractivity contribution in [2.24, 2.45) is 17.8 Å². The van der Waals surface area contributed by atoms with Crippen LogP contribution in [-0.4, -0.2) is 51.4 Å². The highest BCUT2D eigenvalue weighted by Gasteiger charge is 2.50. The van der Waals surface area contributed by atoms with E-state index in [9.17, 15) is 14.4 Å². The maximum atomic E-state index is 14.6. The average Bonchev–Trinajstić information content (AvgIpc) is 4.00. The third-order valence-electron chi connectivity index (χ3n) is 15.1. The minimum Gasteiger partial charge on any atom is -0.469 e. The number of carbonyl (C=O) groups is 3. The van der Waals surface area contributed by atoms with E-state index in [1.807, 2.05) is 12.2 Å². The maximum absolute atomic E-state index is 14.6. The number of esters is 2. The van der Waals surface area contributed by atoms with Crippen molar-refractivity contribution in [3.8, 4) is 0 Å². The molecule has 0 amide bonds. The van der Waals surface area contributed by atoms with Crippen LogP contribution in [0.25, 0.3) is 28.1 Å². The van der Waals surface area contributed by atoms with Crippen LogP contribution in [0, 0.1) is 31.6 Å². The summed E-state index contributed by atoms with van der Waals surface area (Å²) < 4.78 is 11.0. The number of hydrogen-bond donors (Lipinski definition) is 2. The summed E-state index contributed by atoms with van der Waals surface area (Å²) in [4.78, 5) is 59.0. The lowest BCUT2D eigenvalue weighted by molar-refractivity contribution is -0.143. The van der Waals surface area contributed by atoms with E-state index in [4.69, 9.17) is 19.4 Å². The van der Waals surface area contributed by atoms with Gasteiger partial charge in [-0.3, -0.25) is 24.4 Å². The fraction of sp³-hybridized carbons (Fsp3) is 0.589. The summed E-state index contributed by atoms with van der Waals surface area (Å²) in [6.07, 6.45) is 16.7. The van der Waals surface area contributed by atoms with Gasteiger partial charge in [0.05, 0.1) is 36.8 Å². The molecule has 2 N–H and O–H groups in total. The molecular weight excluding hydrogens is 809 g/mol. The molecule has 2 aliphatic heterocycles. The summed E-state index contributed by atoms with van der Waals surface area (Å²) in [7, 11) is 1.36. The molecule has 3 aromatic rings. The van der Waals surface area contributed by atoms with Crippen molar-refractivity contribution in [1.82, 2.24) is 19.9 Å². The normalized spacial score (nSPS) is 20.3. The Labute approximate surface area is 389 Å². The lowest BCUT2D eigenvalue weighted by Gasteiger charge is -2.19. The largest absolute Gasteiger partial charge is 0.469 e. The fourth-order valence-electron chi connectivity index (χ4n) is 10.8. The van der Waals surface area contributed by atoms with Gasteiger partial charge in [-0.1, -0.05) is 112 Å². The second-order valence-corrected chi connectivity index (χ2v) is 20.3. The van der Waals surface area contributed by atoms with E-state index in [0.717, 1.165) is 92.9 Å². The zero-order chi connectivity index (χ0) is 47.1. The molecule has 0 saturated carbocycles. The predicted octanol–water partition coefficient (Wildman–Crippen LogP) is 13.8. The van der Waals surface area contributed by atoms with Crippen LogP contribution >= 0.6 is 0 Å². The number of aromatic amines is 2. The number of fused-ring (bicyclic) bond motifs is 8. The molecule has 9 heteroatoms. The first-order valence-corrected chi connectivity index (χ1v) is 24.9. The zero-order valence-corrected chi connectivity index (χ0v) is 41.5. The van der Waals surface area contributed by atoms with E-state index in [1.165, 1.54) is 63.2 Å². The smallest absolute Gasteiger partial charge is 0.306 e. The molecule has 0 fully saturated rings. The third-order valence-corrected chi connectivity index (χ3v) is 15.1. The van der Waals surface area contributed by atoms with Crippen LogP contribution < -0.4 is 0 Å². The topological polar surface area (TPSA) is 127 Å². The van der Waals surface area contributed by atoms with E-state index in [2.05, 4.69) is 104 Å². The van der Waals surface area contributed by atoms with Gasteiger partial charge in [-0.25, -0.2) is 0 Å².